The van der Waals surface area contributed by atoms with Crippen LogP contribution in [0.2, 0.25) is 0 Å². The average molecular weight is 539 g/mol. The average Bonchev–Trinajstić information content (AvgIpc) is 3.36. The fourth-order valence-electron chi connectivity index (χ4n) is 3.57. The number of alkyl halides is 3. The molecule has 2 aromatic heterocycles. The van der Waals surface area contributed by atoms with Gasteiger partial charge in [-0.2, -0.15) is 23.5 Å². The quantitative estimate of drug-likeness (QED) is 0.562. The van der Waals surface area contributed by atoms with Crippen LogP contribution >= 0.6 is 0 Å². The fraction of sp³-hybridized carbons (Fsp3) is 0.577. The first-order valence-corrected chi connectivity index (χ1v) is 12.2. The predicted octanol–water partition coefficient (Wildman–Crippen LogP) is 3.79. The van der Waals surface area contributed by atoms with Crippen LogP contribution in [-0.4, -0.2) is 58.5 Å². The van der Waals surface area contributed by atoms with Gasteiger partial charge in [0, 0.05) is 24.8 Å². The Hall–Kier alpha value is -3.62. The van der Waals surface area contributed by atoms with E-state index >= 15 is 0 Å². The molecule has 38 heavy (non-hydrogen) atoms. The van der Waals surface area contributed by atoms with Gasteiger partial charge >= 0.3 is 12.1 Å². The van der Waals surface area contributed by atoms with Crippen molar-refractivity contribution >= 4 is 23.7 Å². The SMILES string of the molecule is CC(C)C.C[C@H]1CN(C(=O)CNC(=O)C(F)(F)F)CC1(C)C.Cc1cccn2ncc(C(C#N)NC=O)c12. The van der Waals surface area contributed by atoms with Crippen molar-refractivity contribution in [2.45, 2.75) is 60.7 Å². The minimum absolute atomic E-state index is 0.0519. The molecular weight excluding hydrogens is 501 g/mol. The molecule has 2 aromatic rings. The number of pyridine rings is 1. The van der Waals surface area contributed by atoms with E-state index in [4.69, 9.17) is 5.26 Å². The maximum Gasteiger partial charge on any atom is 0.471 e. The Kier molecular flexibility index (Phi) is 11.8. The van der Waals surface area contributed by atoms with Crippen molar-refractivity contribution in [1.29, 1.82) is 5.26 Å². The lowest BCUT2D eigenvalue weighted by Gasteiger charge is -2.22. The molecule has 3 heterocycles. The van der Waals surface area contributed by atoms with E-state index in [1.54, 1.807) is 22.2 Å². The van der Waals surface area contributed by atoms with Gasteiger partial charge in [0.15, 0.2) is 0 Å². The summed E-state index contributed by atoms with van der Waals surface area (Å²) in [4.78, 5) is 34.1. The van der Waals surface area contributed by atoms with Crippen LogP contribution in [0.3, 0.4) is 0 Å². The van der Waals surface area contributed by atoms with Crippen molar-refractivity contribution in [3.63, 3.8) is 0 Å². The van der Waals surface area contributed by atoms with Crippen molar-refractivity contribution in [3.05, 3.63) is 35.7 Å². The van der Waals surface area contributed by atoms with Gasteiger partial charge < -0.3 is 15.5 Å². The minimum Gasteiger partial charge on any atom is -0.340 e. The number of likely N-dealkylation sites (tertiary alicyclic amines) is 1. The van der Waals surface area contributed by atoms with Crippen LogP contribution in [0.1, 0.15) is 58.7 Å². The van der Waals surface area contributed by atoms with E-state index in [-0.39, 0.29) is 11.3 Å². The van der Waals surface area contributed by atoms with Gasteiger partial charge in [0.25, 0.3) is 0 Å². The second-order valence-electron chi connectivity index (χ2n) is 10.5. The molecule has 1 saturated heterocycles. The molecule has 0 aromatic carbocycles. The molecule has 1 unspecified atom stereocenters. The van der Waals surface area contributed by atoms with Gasteiger partial charge in [-0.3, -0.25) is 14.4 Å². The largest absolute Gasteiger partial charge is 0.471 e. The lowest BCUT2D eigenvalue weighted by atomic mass is 9.84. The molecule has 1 aliphatic heterocycles. The smallest absolute Gasteiger partial charge is 0.340 e. The normalized spacial score (nSPS) is 16.9. The standard InChI is InChI=1S/C11H17F3N2O2.C11H10N4O.C4H10/c1-7-5-16(6-10(7,2)3)8(17)4-15-9(18)11(12,13)14;1-8-3-2-4-15-11(8)9(6-14-15)10(5-12)13-7-16;1-4(2)3/h7H,4-6H2,1-3H3,(H,15,18);2-4,6-7,10H,1H3,(H,13,16);4H,1-3H3/t7-;;/m0../s1. The Balaban J connectivity index is 0.000000335. The van der Waals surface area contributed by atoms with Gasteiger partial charge in [-0.05, 0) is 35.8 Å². The van der Waals surface area contributed by atoms with Crippen LogP contribution in [0.25, 0.3) is 5.52 Å². The first-order chi connectivity index (χ1) is 17.5. The molecule has 210 valence electrons. The molecule has 1 aliphatic rings. The number of halogens is 3. The first-order valence-electron chi connectivity index (χ1n) is 12.2. The summed E-state index contributed by atoms with van der Waals surface area (Å²) in [6, 6.07) is 5.20. The summed E-state index contributed by atoms with van der Waals surface area (Å²) in [5.41, 5.74) is 2.54. The number of nitriles is 1. The van der Waals surface area contributed by atoms with Crippen molar-refractivity contribution in [3.8, 4) is 6.07 Å². The molecule has 0 spiro atoms. The van der Waals surface area contributed by atoms with Crippen LogP contribution in [0.5, 0.6) is 0 Å². The van der Waals surface area contributed by atoms with Gasteiger partial charge in [-0.25, -0.2) is 4.52 Å². The third-order valence-electron chi connectivity index (χ3n) is 5.88. The molecule has 3 amide bonds. The second kappa shape index (κ2) is 13.8. The third kappa shape index (κ3) is 9.36. The van der Waals surface area contributed by atoms with E-state index in [0.29, 0.717) is 25.1 Å². The van der Waals surface area contributed by atoms with E-state index in [0.717, 1.165) is 17.0 Å². The topological polar surface area (TPSA) is 120 Å². The number of aromatic nitrogens is 2. The minimum atomic E-state index is -4.95. The molecular formula is C26H37F3N6O3. The number of carbonyl (C=O) groups excluding carboxylic acids is 3. The Labute approximate surface area is 221 Å². The van der Waals surface area contributed by atoms with Crippen molar-refractivity contribution in [2.75, 3.05) is 19.6 Å². The zero-order valence-corrected chi connectivity index (χ0v) is 22.9. The van der Waals surface area contributed by atoms with Crippen molar-refractivity contribution in [2.24, 2.45) is 17.3 Å². The van der Waals surface area contributed by atoms with Crippen molar-refractivity contribution in [1.82, 2.24) is 25.1 Å². The number of aryl methyl sites for hydroxylation is 1. The van der Waals surface area contributed by atoms with Crippen LogP contribution in [0.4, 0.5) is 13.2 Å². The Morgan fingerprint density at radius 2 is 1.92 bits per heavy atom. The summed E-state index contributed by atoms with van der Waals surface area (Å²) < 4.78 is 37.5. The van der Waals surface area contributed by atoms with Gasteiger partial charge in [-0.15, -0.1) is 0 Å². The summed E-state index contributed by atoms with van der Waals surface area (Å²) in [6.07, 6.45) is -1.01. The summed E-state index contributed by atoms with van der Waals surface area (Å²) in [6.45, 7) is 14.8. The molecule has 2 atom stereocenters. The van der Waals surface area contributed by atoms with E-state index in [1.807, 2.05) is 45.9 Å². The second-order valence-corrected chi connectivity index (χ2v) is 10.5. The maximum atomic E-state index is 11.9. The number of rotatable bonds is 5. The highest BCUT2D eigenvalue weighted by Gasteiger charge is 2.41. The van der Waals surface area contributed by atoms with Crippen LogP contribution in [-0.2, 0) is 14.4 Å². The molecule has 0 saturated carbocycles. The van der Waals surface area contributed by atoms with Gasteiger partial charge in [0.2, 0.25) is 12.3 Å². The number of carbonyl (C=O) groups is 3. The molecule has 2 N–H and O–H groups in total. The summed E-state index contributed by atoms with van der Waals surface area (Å²) in [5, 5.41) is 17.2. The molecule has 0 bridgehead atoms. The number of hydrogen-bond donors (Lipinski definition) is 2. The maximum absolute atomic E-state index is 11.9. The van der Waals surface area contributed by atoms with Crippen molar-refractivity contribution < 1.29 is 27.6 Å². The summed E-state index contributed by atoms with van der Waals surface area (Å²) in [5.74, 6) is -1.45. The van der Waals surface area contributed by atoms with Crippen LogP contribution in [0.15, 0.2) is 24.5 Å². The highest BCUT2D eigenvalue weighted by Crippen LogP contribution is 2.34. The molecule has 1 fully saturated rings. The molecule has 12 heteroatoms. The number of nitrogens with zero attached hydrogens (tertiary/aromatic N) is 4. The molecule has 0 radical (unpaired) electrons. The van der Waals surface area contributed by atoms with Crippen LogP contribution < -0.4 is 10.6 Å². The summed E-state index contributed by atoms with van der Waals surface area (Å²) in [7, 11) is 0. The number of nitrogens with one attached hydrogen (secondary N) is 2. The Bertz CT molecular complexity index is 1130. The predicted molar refractivity (Wildman–Crippen MR) is 137 cm³/mol. The zero-order chi connectivity index (χ0) is 29.3. The highest BCUT2D eigenvalue weighted by molar-refractivity contribution is 5.87. The fourth-order valence-corrected chi connectivity index (χ4v) is 3.57. The zero-order valence-electron chi connectivity index (χ0n) is 22.9. The molecule has 3 rings (SSSR count). The van der Waals surface area contributed by atoms with Gasteiger partial charge in [0.05, 0.1) is 24.3 Å². The highest BCUT2D eigenvalue weighted by atomic mass is 19.4. The van der Waals surface area contributed by atoms with E-state index in [1.165, 1.54) is 4.90 Å². The number of amides is 3. The van der Waals surface area contributed by atoms with E-state index in [2.05, 4.69) is 31.2 Å². The first kappa shape index (κ1) is 32.4. The number of fused-ring (bicyclic) bond motifs is 1. The lowest BCUT2D eigenvalue weighted by molar-refractivity contribution is -0.174. The Morgan fingerprint density at radius 3 is 2.39 bits per heavy atom. The summed E-state index contributed by atoms with van der Waals surface area (Å²) >= 11 is 0. The monoisotopic (exact) mass is 538 g/mol. The van der Waals surface area contributed by atoms with Gasteiger partial charge in [-0.1, -0.05) is 47.6 Å². The third-order valence-corrected chi connectivity index (χ3v) is 5.88. The molecule has 9 nitrogen and oxygen atoms in total. The van der Waals surface area contributed by atoms with Crippen LogP contribution in [0, 0.1) is 35.5 Å². The van der Waals surface area contributed by atoms with Gasteiger partial charge in [0.1, 0.15) is 6.04 Å². The van der Waals surface area contributed by atoms with E-state index in [9.17, 15) is 27.6 Å². The van der Waals surface area contributed by atoms with E-state index < -0.39 is 30.6 Å². The lowest BCUT2D eigenvalue weighted by Crippen LogP contribution is -2.44. The Morgan fingerprint density at radius 1 is 1.32 bits per heavy atom. The number of hydrogen-bond acceptors (Lipinski definition) is 5. The molecule has 0 aliphatic carbocycles.